The van der Waals surface area contributed by atoms with E-state index in [4.69, 9.17) is 0 Å². The van der Waals surface area contributed by atoms with Gasteiger partial charge in [-0.2, -0.15) is 0 Å². The van der Waals surface area contributed by atoms with E-state index in [0.717, 1.165) is 30.5 Å². The van der Waals surface area contributed by atoms with Crippen molar-refractivity contribution in [2.45, 2.75) is 38.3 Å². The largest absolute Gasteiger partial charge is 0.391 e. The summed E-state index contributed by atoms with van der Waals surface area (Å²) < 4.78 is 13.1. The Morgan fingerprint density at radius 2 is 2.13 bits per heavy atom. The molecule has 1 aliphatic carbocycles. The van der Waals surface area contributed by atoms with Gasteiger partial charge in [0.2, 0.25) is 0 Å². The summed E-state index contributed by atoms with van der Waals surface area (Å²) in [4.78, 5) is 0. The van der Waals surface area contributed by atoms with Crippen molar-refractivity contribution in [2.75, 3.05) is 5.32 Å². The third-order valence-electron chi connectivity index (χ3n) is 2.87. The van der Waals surface area contributed by atoms with Crippen LogP contribution in [-0.2, 0) is 0 Å². The number of hydrogen-bond acceptors (Lipinski definition) is 2. The van der Waals surface area contributed by atoms with Crippen molar-refractivity contribution in [3.8, 4) is 0 Å². The molecule has 0 bridgehead atoms. The van der Waals surface area contributed by atoms with Crippen LogP contribution in [0.25, 0.3) is 0 Å². The molecule has 0 aromatic heterocycles. The van der Waals surface area contributed by atoms with Crippen LogP contribution in [0.2, 0.25) is 0 Å². The number of aliphatic hydroxyl groups excluding tert-OH is 1. The topological polar surface area (TPSA) is 32.3 Å². The lowest BCUT2D eigenvalue weighted by atomic mass is 10.1. The molecule has 1 aromatic rings. The summed E-state index contributed by atoms with van der Waals surface area (Å²) in [6.07, 6.45) is 2.53. The maximum absolute atomic E-state index is 13.1. The fraction of sp³-hybridized carbons (Fsp3) is 0.500. The maximum atomic E-state index is 13.1. The first-order valence-electron chi connectivity index (χ1n) is 5.37. The van der Waals surface area contributed by atoms with E-state index in [1.54, 1.807) is 0 Å². The summed E-state index contributed by atoms with van der Waals surface area (Å²) in [5.74, 6) is -0.231. The SMILES string of the molecule is Cc1cc(F)cc(NC2CCCC2O)c1. The van der Waals surface area contributed by atoms with Gasteiger partial charge in [-0.1, -0.05) is 0 Å². The van der Waals surface area contributed by atoms with Crippen molar-refractivity contribution in [1.29, 1.82) is 0 Å². The average Bonchev–Trinajstić information content (AvgIpc) is 2.50. The van der Waals surface area contributed by atoms with E-state index < -0.39 is 0 Å². The minimum Gasteiger partial charge on any atom is -0.391 e. The molecule has 3 heteroatoms. The molecule has 1 fully saturated rings. The summed E-state index contributed by atoms with van der Waals surface area (Å²) in [5.41, 5.74) is 1.66. The first-order valence-corrected chi connectivity index (χ1v) is 5.37. The highest BCUT2D eigenvalue weighted by molar-refractivity contribution is 5.47. The second kappa shape index (κ2) is 4.19. The second-order valence-electron chi connectivity index (χ2n) is 4.27. The van der Waals surface area contributed by atoms with Crippen LogP contribution in [-0.4, -0.2) is 17.3 Å². The molecule has 2 nitrogen and oxygen atoms in total. The van der Waals surface area contributed by atoms with Crippen LogP contribution in [0.15, 0.2) is 18.2 Å². The van der Waals surface area contributed by atoms with Crippen LogP contribution < -0.4 is 5.32 Å². The van der Waals surface area contributed by atoms with Crippen LogP contribution in [0.5, 0.6) is 0 Å². The molecular weight excluding hydrogens is 193 g/mol. The fourth-order valence-corrected chi connectivity index (χ4v) is 2.14. The molecule has 2 rings (SSSR count). The zero-order valence-corrected chi connectivity index (χ0v) is 8.83. The fourth-order valence-electron chi connectivity index (χ4n) is 2.14. The molecule has 2 unspecified atom stereocenters. The molecule has 82 valence electrons. The first-order chi connectivity index (χ1) is 7.15. The van der Waals surface area contributed by atoms with Gasteiger partial charge in [-0.15, -0.1) is 0 Å². The zero-order chi connectivity index (χ0) is 10.8. The van der Waals surface area contributed by atoms with E-state index in [9.17, 15) is 9.50 Å². The molecule has 0 radical (unpaired) electrons. The van der Waals surface area contributed by atoms with E-state index in [0.29, 0.717) is 0 Å². The predicted octanol–water partition coefficient (Wildman–Crippen LogP) is 2.46. The minimum atomic E-state index is -0.298. The van der Waals surface area contributed by atoms with Crippen molar-refractivity contribution in [3.63, 3.8) is 0 Å². The van der Waals surface area contributed by atoms with Gasteiger partial charge in [-0.05, 0) is 49.9 Å². The molecule has 1 aromatic carbocycles. The first kappa shape index (κ1) is 10.4. The monoisotopic (exact) mass is 209 g/mol. The molecule has 1 saturated carbocycles. The van der Waals surface area contributed by atoms with Gasteiger partial charge >= 0.3 is 0 Å². The van der Waals surface area contributed by atoms with Crippen molar-refractivity contribution < 1.29 is 9.50 Å². The Labute approximate surface area is 89.1 Å². The van der Waals surface area contributed by atoms with Gasteiger partial charge in [0.25, 0.3) is 0 Å². The third kappa shape index (κ3) is 2.48. The van der Waals surface area contributed by atoms with Crippen molar-refractivity contribution in [1.82, 2.24) is 0 Å². The smallest absolute Gasteiger partial charge is 0.125 e. The number of anilines is 1. The van der Waals surface area contributed by atoms with Gasteiger partial charge in [-0.25, -0.2) is 4.39 Å². The molecule has 0 saturated heterocycles. The number of benzene rings is 1. The number of rotatable bonds is 2. The average molecular weight is 209 g/mol. The Morgan fingerprint density at radius 3 is 2.73 bits per heavy atom. The number of aliphatic hydroxyl groups is 1. The molecule has 0 amide bonds. The lowest BCUT2D eigenvalue weighted by Gasteiger charge is -2.18. The van der Waals surface area contributed by atoms with Crippen LogP contribution in [0.1, 0.15) is 24.8 Å². The molecule has 1 aliphatic rings. The summed E-state index contributed by atoms with van der Waals surface area (Å²) in [5, 5.41) is 12.8. The summed E-state index contributed by atoms with van der Waals surface area (Å²) in [6.45, 7) is 1.86. The summed E-state index contributed by atoms with van der Waals surface area (Å²) in [7, 11) is 0. The maximum Gasteiger partial charge on any atom is 0.125 e. The molecule has 15 heavy (non-hydrogen) atoms. The van der Waals surface area contributed by atoms with E-state index in [1.807, 2.05) is 13.0 Å². The molecule has 0 aliphatic heterocycles. The highest BCUT2D eigenvalue weighted by Crippen LogP contribution is 2.23. The van der Waals surface area contributed by atoms with Gasteiger partial charge in [0.1, 0.15) is 5.82 Å². The Balaban J connectivity index is 2.10. The summed E-state index contributed by atoms with van der Waals surface area (Å²) in [6, 6.07) is 4.94. The molecule has 0 heterocycles. The number of aryl methyl sites for hydroxylation is 1. The number of hydrogen-bond donors (Lipinski definition) is 2. The quantitative estimate of drug-likeness (QED) is 0.784. The molecule has 2 N–H and O–H groups in total. The highest BCUT2D eigenvalue weighted by atomic mass is 19.1. The van der Waals surface area contributed by atoms with Gasteiger partial charge in [0, 0.05) is 5.69 Å². The van der Waals surface area contributed by atoms with Crippen LogP contribution in [0, 0.1) is 12.7 Å². The lowest BCUT2D eigenvalue weighted by Crippen LogP contribution is -2.27. The van der Waals surface area contributed by atoms with E-state index in [1.165, 1.54) is 12.1 Å². The number of nitrogens with one attached hydrogen (secondary N) is 1. The Hall–Kier alpha value is -1.09. The van der Waals surface area contributed by atoms with Crippen molar-refractivity contribution >= 4 is 5.69 Å². The van der Waals surface area contributed by atoms with Gasteiger partial charge in [0.05, 0.1) is 12.1 Å². The minimum absolute atomic E-state index is 0.0752. The normalized spacial score (nSPS) is 25.5. The third-order valence-corrected chi connectivity index (χ3v) is 2.87. The molecule has 2 atom stereocenters. The highest BCUT2D eigenvalue weighted by Gasteiger charge is 2.24. The standard InChI is InChI=1S/C12H16FNO/c1-8-5-9(13)7-10(6-8)14-11-3-2-4-12(11)15/h5-7,11-12,14-15H,2-4H2,1H3. The second-order valence-corrected chi connectivity index (χ2v) is 4.27. The molecular formula is C12H16FNO. The van der Waals surface area contributed by atoms with Crippen LogP contribution in [0.3, 0.4) is 0 Å². The molecule has 0 spiro atoms. The van der Waals surface area contributed by atoms with Crippen molar-refractivity contribution in [2.24, 2.45) is 0 Å². The van der Waals surface area contributed by atoms with E-state index in [-0.39, 0.29) is 18.0 Å². The van der Waals surface area contributed by atoms with E-state index in [2.05, 4.69) is 5.32 Å². The Kier molecular flexibility index (Phi) is 2.91. The van der Waals surface area contributed by atoms with Gasteiger partial charge in [0.15, 0.2) is 0 Å². The van der Waals surface area contributed by atoms with Gasteiger partial charge < -0.3 is 10.4 Å². The van der Waals surface area contributed by atoms with Crippen molar-refractivity contribution in [3.05, 3.63) is 29.6 Å². The Morgan fingerprint density at radius 1 is 1.33 bits per heavy atom. The predicted molar refractivity (Wildman–Crippen MR) is 58.4 cm³/mol. The summed E-state index contributed by atoms with van der Waals surface area (Å²) >= 11 is 0. The van der Waals surface area contributed by atoms with Crippen LogP contribution >= 0.6 is 0 Å². The van der Waals surface area contributed by atoms with Crippen LogP contribution in [0.4, 0.5) is 10.1 Å². The lowest BCUT2D eigenvalue weighted by molar-refractivity contribution is 0.172. The zero-order valence-electron chi connectivity index (χ0n) is 8.83. The number of halogens is 1. The van der Waals surface area contributed by atoms with E-state index >= 15 is 0 Å². The van der Waals surface area contributed by atoms with Gasteiger partial charge in [-0.3, -0.25) is 0 Å². The Bertz CT molecular complexity index is 333.